The molecule has 0 fully saturated rings. The van der Waals surface area contributed by atoms with Crippen LogP contribution in [0.1, 0.15) is 16.8 Å². The summed E-state index contributed by atoms with van der Waals surface area (Å²) in [4.78, 5) is 23.2. The van der Waals surface area contributed by atoms with Crippen molar-refractivity contribution in [1.29, 1.82) is 5.26 Å². The Morgan fingerprint density at radius 3 is 2.96 bits per heavy atom. The van der Waals surface area contributed by atoms with Gasteiger partial charge in [-0.3, -0.25) is 4.98 Å². The summed E-state index contributed by atoms with van der Waals surface area (Å²) < 4.78 is 6.15. The quantitative estimate of drug-likeness (QED) is 0.719. The molecule has 3 rings (SSSR count). The van der Waals surface area contributed by atoms with Crippen LogP contribution in [0, 0.1) is 18.3 Å². The highest BCUT2D eigenvalue weighted by Gasteiger charge is 2.11. The summed E-state index contributed by atoms with van der Waals surface area (Å²) in [6.07, 6.45) is 1.32. The third kappa shape index (κ3) is 2.89. The van der Waals surface area contributed by atoms with E-state index in [2.05, 4.69) is 20.1 Å². The second kappa shape index (κ2) is 6.10. The van der Waals surface area contributed by atoms with Crippen molar-refractivity contribution >= 4 is 17.4 Å². The Morgan fingerprint density at radius 1 is 1.43 bits per heavy atom. The molecule has 3 aromatic rings. The summed E-state index contributed by atoms with van der Waals surface area (Å²) in [6, 6.07) is 5.67. The molecule has 3 aromatic heterocycles. The van der Waals surface area contributed by atoms with Crippen LogP contribution in [0.15, 0.2) is 28.3 Å². The van der Waals surface area contributed by atoms with Crippen LogP contribution in [0.4, 0.5) is 0 Å². The fourth-order valence-electron chi connectivity index (χ4n) is 1.99. The van der Waals surface area contributed by atoms with E-state index in [4.69, 9.17) is 10.00 Å². The highest BCUT2D eigenvalue weighted by molar-refractivity contribution is 7.98. The van der Waals surface area contributed by atoms with Gasteiger partial charge in [0.2, 0.25) is 5.88 Å². The summed E-state index contributed by atoms with van der Waals surface area (Å²) >= 11 is 1.35. The van der Waals surface area contributed by atoms with Gasteiger partial charge in [0.15, 0.2) is 10.8 Å². The number of fused-ring (bicyclic) bond motifs is 1. The summed E-state index contributed by atoms with van der Waals surface area (Å²) in [5, 5.41) is 13.3. The number of ether oxygens (including phenoxy) is 1. The lowest BCUT2D eigenvalue weighted by Crippen LogP contribution is -2.19. The number of pyridine rings is 1. The minimum Gasteiger partial charge on any atom is -0.481 e. The van der Waals surface area contributed by atoms with Gasteiger partial charge in [-0.15, -0.1) is 0 Å². The highest BCUT2D eigenvalue weighted by Crippen LogP contribution is 2.22. The summed E-state index contributed by atoms with van der Waals surface area (Å²) in [5.74, 6) is 1.14. The molecule has 8 nitrogen and oxygen atoms in total. The van der Waals surface area contributed by atoms with Crippen LogP contribution in [-0.4, -0.2) is 31.7 Å². The zero-order chi connectivity index (χ0) is 16.4. The van der Waals surface area contributed by atoms with Gasteiger partial charge in [-0.05, 0) is 12.5 Å². The van der Waals surface area contributed by atoms with E-state index in [1.54, 1.807) is 13.2 Å². The molecule has 3 heterocycles. The Morgan fingerprint density at radius 2 is 2.26 bits per heavy atom. The Balaban J connectivity index is 1.87. The van der Waals surface area contributed by atoms with Crippen molar-refractivity contribution in [2.45, 2.75) is 17.8 Å². The van der Waals surface area contributed by atoms with Crippen LogP contribution >= 0.6 is 11.8 Å². The van der Waals surface area contributed by atoms with Crippen LogP contribution in [0.5, 0.6) is 5.88 Å². The molecule has 0 spiro atoms. The zero-order valence-corrected chi connectivity index (χ0v) is 13.2. The van der Waals surface area contributed by atoms with Crippen molar-refractivity contribution in [1.82, 2.24) is 24.6 Å². The van der Waals surface area contributed by atoms with Crippen molar-refractivity contribution in [3.63, 3.8) is 0 Å². The van der Waals surface area contributed by atoms with Gasteiger partial charge in [-0.2, -0.15) is 14.9 Å². The largest absolute Gasteiger partial charge is 0.481 e. The van der Waals surface area contributed by atoms with E-state index in [0.717, 1.165) is 15.8 Å². The summed E-state index contributed by atoms with van der Waals surface area (Å²) in [6.45, 7) is 1.89. The van der Waals surface area contributed by atoms with Gasteiger partial charge in [-0.1, -0.05) is 17.8 Å². The Bertz CT molecular complexity index is 972. The van der Waals surface area contributed by atoms with E-state index >= 15 is 0 Å². The summed E-state index contributed by atoms with van der Waals surface area (Å²) in [7, 11) is 1.57. The average molecular weight is 328 g/mol. The lowest BCUT2D eigenvalue weighted by molar-refractivity contribution is 0.396. The number of thioether (sulfide) groups is 1. The maximum absolute atomic E-state index is 11.9. The Labute approximate surface area is 135 Å². The van der Waals surface area contributed by atoms with E-state index in [-0.39, 0.29) is 11.2 Å². The topological polar surface area (TPSA) is 109 Å². The van der Waals surface area contributed by atoms with Crippen LogP contribution in [0.25, 0.3) is 5.65 Å². The number of hydrogen-bond donors (Lipinski definition) is 1. The predicted molar refractivity (Wildman–Crippen MR) is 83.4 cm³/mol. The number of aromatic nitrogens is 5. The maximum atomic E-state index is 11.9. The van der Waals surface area contributed by atoms with Gasteiger partial charge < -0.3 is 4.74 Å². The number of hydrogen-bond acceptors (Lipinski definition) is 7. The molecule has 116 valence electrons. The molecule has 0 aliphatic heterocycles. The number of nitriles is 1. The third-order valence-corrected chi connectivity index (χ3v) is 4.14. The van der Waals surface area contributed by atoms with Crippen molar-refractivity contribution in [2.24, 2.45) is 0 Å². The highest BCUT2D eigenvalue weighted by atomic mass is 32.2. The van der Waals surface area contributed by atoms with E-state index in [1.165, 1.54) is 18.0 Å². The molecule has 0 saturated heterocycles. The molecule has 0 aliphatic carbocycles. The summed E-state index contributed by atoms with van der Waals surface area (Å²) in [5.41, 5.74) is 1.95. The molecule has 0 aliphatic rings. The molecule has 0 amide bonds. The molecule has 0 radical (unpaired) electrons. The van der Waals surface area contributed by atoms with Gasteiger partial charge in [0.25, 0.3) is 0 Å². The van der Waals surface area contributed by atoms with Gasteiger partial charge in [0.05, 0.1) is 13.3 Å². The molecule has 1 N–H and O–H groups in total. The predicted octanol–water partition coefficient (Wildman–Crippen LogP) is 1.29. The number of methoxy groups -OCH3 is 1. The van der Waals surface area contributed by atoms with Crippen LogP contribution in [0.3, 0.4) is 0 Å². The van der Waals surface area contributed by atoms with Gasteiger partial charge in [0.1, 0.15) is 11.6 Å². The fraction of sp³-hybridized carbons (Fsp3) is 0.214. The number of rotatable bonds is 4. The maximum Gasteiger partial charge on any atom is 0.350 e. The van der Waals surface area contributed by atoms with Gasteiger partial charge >= 0.3 is 5.69 Å². The van der Waals surface area contributed by atoms with Crippen molar-refractivity contribution < 1.29 is 4.74 Å². The number of nitrogens with zero attached hydrogens (tertiary/aromatic N) is 5. The third-order valence-electron chi connectivity index (χ3n) is 3.22. The first-order valence-electron chi connectivity index (χ1n) is 6.64. The number of aryl methyl sites for hydroxylation is 1. The van der Waals surface area contributed by atoms with E-state index < -0.39 is 5.69 Å². The van der Waals surface area contributed by atoms with Crippen LogP contribution in [0.2, 0.25) is 0 Å². The van der Waals surface area contributed by atoms with Gasteiger partial charge in [0, 0.05) is 17.5 Å². The average Bonchev–Trinajstić information content (AvgIpc) is 2.97. The first-order valence-corrected chi connectivity index (χ1v) is 7.62. The number of H-pyrrole nitrogens is 1. The SMILES string of the molecule is COc1ccc(CSc2nc3c(C#N)cnn3c(=O)[nH]2)c(C)n1. The molecule has 0 atom stereocenters. The molecular weight excluding hydrogens is 316 g/mol. The number of nitrogens with one attached hydrogen (secondary N) is 1. The smallest absolute Gasteiger partial charge is 0.350 e. The van der Waals surface area contributed by atoms with Crippen molar-refractivity contribution in [3.05, 3.63) is 45.6 Å². The second-order valence-corrected chi connectivity index (χ2v) is 5.60. The molecule has 0 aromatic carbocycles. The molecule has 9 heteroatoms. The van der Waals surface area contributed by atoms with E-state index in [1.807, 2.05) is 19.1 Å². The van der Waals surface area contributed by atoms with Crippen LogP contribution < -0.4 is 10.4 Å². The minimum absolute atomic E-state index is 0.253. The number of aromatic amines is 1. The minimum atomic E-state index is -0.427. The first-order chi connectivity index (χ1) is 11.1. The lowest BCUT2D eigenvalue weighted by Gasteiger charge is -2.06. The van der Waals surface area contributed by atoms with E-state index in [0.29, 0.717) is 16.8 Å². The normalized spacial score (nSPS) is 10.7. The molecule has 0 unspecified atom stereocenters. The zero-order valence-electron chi connectivity index (χ0n) is 12.4. The molecule has 0 saturated carbocycles. The Kier molecular flexibility index (Phi) is 3.99. The van der Waals surface area contributed by atoms with Crippen LogP contribution in [-0.2, 0) is 5.75 Å². The fourth-order valence-corrected chi connectivity index (χ4v) is 2.90. The monoisotopic (exact) mass is 328 g/mol. The molecule has 23 heavy (non-hydrogen) atoms. The second-order valence-electron chi connectivity index (χ2n) is 4.64. The molecule has 0 bridgehead atoms. The van der Waals surface area contributed by atoms with Gasteiger partial charge in [-0.25, -0.2) is 14.8 Å². The van der Waals surface area contributed by atoms with E-state index in [9.17, 15) is 4.79 Å². The van der Waals surface area contributed by atoms with Crippen molar-refractivity contribution in [2.75, 3.05) is 7.11 Å². The lowest BCUT2D eigenvalue weighted by atomic mass is 10.2. The standard InChI is InChI=1S/C14H12N6O2S/c1-8-9(3-4-11(17-8)22-2)7-23-13-18-12-10(5-15)6-16-20(12)14(21)19-13/h3-4,6H,7H2,1-2H3,(H,18,19,21). The molecular formula is C14H12N6O2S. The first kappa shape index (κ1) is 15.1. The Hall–Kier alpha value is -2.86. The van der Waals surface area contributed by atoms with Crippen molar-refractivity contribution in [3.8, 4) is 11.9 Å².